The Bertz CT molecular complexity index is 458. The highest BCUT2D eigenvalue weighted by molar-refractivity contribution is 9.10. The molecule has 0 saturated heterocycles. The molecule has 23 heavy (non-hydrogen) atoms. The summed E-state index contributed by atoms with van der Waals surface area (Å²) >= 11 is 3.77. The molecule has 3 fully saturated rings. The third-order valence-electron chi connectivity index (χ3n) is 8.11. The molecular formula is C21H32BrF. The Morgan fingerprint density at radius 2 is 1.39 bits per heavy atom. The molecule has 5 rings (SSSR count). The first-order chi connectivity index (χ1) is 11.0. The predicted molar refractivity (Wildman–Crippen MR) is 98.3 cm³/mol. The van der Waals surface area contributed by atoms with Gasteiger partial charge < -0.3 is 0 Å². The van der Waals surface area contributed by atoms with Crippen molar-refractivity contribution in [2.45, 2.75) is 88.3 Å². The van der Waals surface area contributed by atoms with E-state index in [0.717, 1.165) is 43.4 Å². The van der Waals surface area contributed by atoms with Gasteiger partial charge in [0.1, 0.15) is 5.83 Å². The first kappa shape index (κ1) is 16.6. The van der Waals surface area contributed by atoms with E-state index in [1.165, 1.54) is 51.4 Å². The molecule has 0 unspecified atom stereocenters. The van der Waals surface area contributed by atoms with Gasteiger partial charge in [-0.15, -0.1) is 0 Å². The first-order valence-electron chi connectivity index (χ1n) is 10.1. The van der Waals surface area contributed by atoms with Gasteiger partial charge in [0.2, 0.25) is 0 Å². The minimum absolute atomic E-state index is 0.00513. The van der Waals surface area contributed by atoms with Gasteiger partial charge in [0.25, 0.3) is 0 Å². The molecule has 3 saturated carbocycles. The van der Waals surface area contributed by atoms with Crippen molar-refractivity contribution in [3.05, 3.63) is 11.9 Å². The zero-order valence-electron chi connectivity index (χ0n) is 14.6. The van der Waals surface area contributed by atoms with Crippen LogP contribution in [0.2, 0.25) is 0 Å². The molecule has 5 aliphatic carbocycles. The Kier molecular flexibility index (Phi) is 4.44. The Morgan fingerprint density at radius 3 is 1.91 bits per heavy atom. The van der Waals surface area contributed by atoms with Gasteiger partial charge >= 0.3 is 0 Å². The van der Waals surface area contributed by atoms with E-state index in [2.05, 4.69) is 22.9 Å². The number of fused-ring (bicyclic) bond motifs is 2. The molecule has 0 spiro atoms. The number of allylic oxidation sites excluding steroid dienone is 2. The minimum atomic E-state index is -0.0679. The third kappa shape index (κ3) is 2.96. The molecule has 130 valence electrons. The van der Waals surface area contributed by atoms with Gasteiger partial charge in [-0.05, 0) is 94.0 Å². The molecule has 0 aromatic rings. The van der Waals surface area contributed by atoms with E-state index in [-0.39, 0.29) is 15.6 Å². The van der Waals surface area contributed by atoms with E-state index < -0.39 is 0 Å². The number of hydrogen-bond acceptors (Lipinski definition) is 0. The van der Waals surface area contributed by atoms with E-state index in [0.29, 0.717) is 5.92 Å². The summed E-state index contributed by atoms with van der Waals surface area (Å²) < 4.78 is 14.9. The van der Waals surface area contributed by atoms with Gasteiger partial charge in [-0.3, -0.25) is 0 Å². The topological polar surface area (TPSA) is 0 Å². The van der Waals surface area contributed by atoms with Crippen LogP contribution < -0.4 is 0 Å². The molecule has 5 aliphatic rings. The van der Waals surface area contributed by atoms with Gasteiger partial charge in [-0.25, -0.2) is 4.39 Å². The van der Waals surface area contributed by atoms with E-state index in [1.807, 2.05) is 6.08 Å². The Labute approximate surface area is 149 Å². The van der Waals surface area contributed by atoms with Crippen molar-refractivity contribution in [1.82, 2.24) is 0 Å². The Morgan fingerprint density at radius 1 is 0.870 bits per heavy atom. The van der Waals surface area contributed by atoms with Crippen LogP contribution in [0.1, 0.15) is 84.0 Å². The summed E-state index contributed by atoms with van der Waals surface area (Å²) in [4.78, 5) is 0. The number of hydrogen-bond donors (Lipinski definition) is 0. The standard InChI is InChI=1S/C21H32BrF/c1-15-2-4-16(5-3-15)17-6-8-18(9-7-17)21-12-10-20(22,11-13-21)14-19(21)23/h14-18H,2-13H2,1H3. The van der Waals surface area contributed by atoms with Gasteiger partial charge in [0.15, 0.2) is 0 Å². The molecule has 0 aromatic heterocycles. The molecular weight excluding hydrogens is 351 g/mol. The lowest BCUT2D eigenvalue weighted by atomic mass is 9.54. The van der Waals surface area contributed by atoms with Gasteiger partial charge in [-0.2, -0.15) is 0 Å². The number of rotatable bonds is 2. The summed E-state index contributed by atoms with van der Waals surface area (Å²) in [5.41, 5.74) is -0.0679. The van der Waals surface area contributed by atoms with Crippen LogP contribution in [0, 0.1) is 29.1 Å². The molecule has 0 atom stereocenters. The van der Waals surface area contributed by atoms with Crippen molar-refractivity contribution in [2.75, 3.05) is 0 Å². The monoisotopic (exact) mass is 382 g/mol. The molecule has 0 amide bonds. The van der Waals surface area contributed by atoms with Crippen molar-refractivity contribution in [2.24, 2.45) is 29.1 Å². The molecule has 0 nitrogen and oxygen atoms in total. The second-order valence-corrected chi connectivity index (χ2v) is 10.9. The van der Waals surface area contributed by atoms with Crippen LogP contribution in [0.4, 0.5) is 4.39 Å². The minimum Gasteiger partial charge on any atom is -0.211 e. The highest BCUT2D eigenvalue weighted by Crippen LogP contribution is 2.62. The summed E-state index contributed by atoms with van der Waals surface area (Å²) in [5, 5.41) is 0. The molecule has 0 aromatic carbocycles. The second kappa shape index (κ2) is 6.15. The lowest BCUT2D eigenvalue weighted by Gasteiger charge is -2.53. The average Bonchev–Trinajstić information content (AvgIpc) is 2.56. The van der Waals surface area contributed by atoms with E-state index in [1.54, 1.807) is 0 Å². The summed E-state index contributed by atoms with van der Waals surface area (Å²) in [7, 11) is 0. The fourth-order valence-corrected chi connectivity index (χ4v) is 6.97. The molecule has 0 radical (unpaired) electrons. The molecule has 0 heterocycles. The van der Waals surface area contributed by atoms with Gasteiger partial charge in [-0.1, -0.05) is 35.7 Å². The van der Waals surface area contributed by atoms with Crippen LogP contribution in [0.3, 0.4) is 0 Å². The summed E-state index contributed by atoms with van der Waals surface area (Å²) in [6, 6.07) is 0. The summed E-state index contributed by atoms with van der Waals surface area (Å²) in [6.07, 6.45) is 17.5. The highest BCUT2D eigenvalue weighted by Gasteiger charge is 2.53. The van der Waals surface area contributed by atoms with Crippen molar-refractivity contribution < 1.29 is 4.39 Å². The maximum absolute atomic E-state index is 14.9. The third-order valence-corrected chi connectivity index (χ3v) is 9.14. The summed E-state index contributed by atoms with van der Waals surface area (Å²) in [6.45, 7) is 2.41. The van der Waals surface area contributed by atoms with Crippen molar-refractivity contribution in [3.63, 3.8) is 0 Å². The summed E-state index contributed by atoms with van der Waals surface area (Å²) in [5.74, 6) is 3.74. The van der Waals surface area contributed by atoms with Gasteiger partial charge in [0, 0.05) is 9.74 Å². The van der Waals surface area contributed by atoms with Crippen molar-refractivity contribution >= 4 is 15.9 Å². The Hall–Kier alpha value is 0.150. The fourth-order valence-electron chi connectivity index (χ4n) is 6.37. The van der Waals surface area contributed by atoms with Crippen LogP contribution in [0.5, 0.6) is 0 Å². The quantitative estimate of drug-likeness (QED) is 0.443. The second-order valence-electron chi connectivity index (χ2n) is 9.31. The van der Waals surface area contributed by atoms with Crippen molar-refractivity contribution in [1.29, 1.82) is 0 Å². The molecule has 0 aliphatic heterocycles. The number of halogens is 2. The molecule has 2 bridgehead atoms. The van der Waals surface area contributed by atoms with Crippen LogP contribution in [-0.2, 0) is 0 Å². The lowest BCUT2D eigenvalue weighted by Crippen LogP contribution is -2.45. The fraction of sp³-hybridized carbons (Fsp3) is 0.905. The zero-order chi connectivity index (χ0) is 16.1. The average molecular weight is 383 g/mol. The van der Waals surface area contributed by atoms with E-state index in [4.69, 9.17) is 0 Å². The smallest absolute Gasteiger partial charge is 0.104 e. The van der Waals surface area contributed by atoms with Crippen LogP contribution >= 0.6 is 15.9 Å². The SMILES string of the molecule is CC1CCC(C2CCC(C34CCC(Br)(C=C3F)CC4)CC2)CC1. The normalized spacial score (nSPS) is 50.7. The van der Waals surface area contributed by atoms with Crippen LogP contribution in [0.15, 0.2) is 11.9 Å². The lowest BCUT2D eigenvalue weighted by molar-refractivity contribution is 0.0359. The van der Waals surface area contributed by atoms with E-state index in [9.17, 15) is 4.39 Å². The maximum Gasteiger partial charge on any atom is 0.104 e. The predicted octanol–water partition coefficient (Wildman–Crippen LogP) is 7.18. The number of alkyl halides is 1. The zero-order valence-corrected chi connectivity index (χ0v) is 16.2. The molecule has 2 heteroatoms. The van der Waals surface area contributed by atoms with Gasteiger partial charge in [0.05, 0.1) is 0 Å². The maximum atomic E-state index is 14.9. The van der Waals surface area contributed by atoms with Crippen LogP contribution in [0.25, 0.3) is 0 Å². The molecule has 0 N–H and O–H groups in total. The largest absolute Gasteiger partial charge is 0.211 e. The van der Waals surface area contributed by atoms with Crippen molar-refractivity contribution in [3.8, 4) is 0 Å². The first-order valence-corrected chi connectivity index (χ1v) is 10.9. The van der Waals surface area contributed by atoms with Crippen LogP contribution in [-0.4, -0.2) is 4.32 Å². The highest BCUT2D eigenvalue weighted by atomic mass is 79.9. The van der Waals surface area contributed by atoms with E-state index >= 15 is 0 Å². The Balaban J connectivity index is 1.39.